The van der Waals surface area contributed by atoms with Gasteiger partial charge in [-0.15, -0.1) is 0 Å². The molecule has 2 rings (SSSR count). The van der Waals surface area contributed by atoms with E-state index in [0.29, 0.717) is 0 Å². The zero-order valence-electron chi connectivity index (χ0n) is 7.35. The average Bonchev–Trinajstić information content (AvgIpc) is 2.21. The molecule has 1 aromatic heterocycles. The van der Waals surface area contributed by atoms with Gasteiger partial charge in [-0.3, -0.25) is 0 Å². The average molecular weight is 169 g/mol. The van der Waals surface area contributed by atoms with E-state index in [4.69, 9.17) is 0 Å². The van der Waals surface area contributed by atoms with Gasteiger partial charge in [0.1, 0.15) is 0 Å². The third kappa shape index (κ3) is 2.15. The Morgan fingerprint density at radius 2 is 1.85 bits per heavy atom. The molecule has 0 amide bonds. The zero-order valence-corrected chi connectivity index (χ0v) is 7.35. The summed E-state index contributed by atoms with van der Waals surface area (Å²) in [5.74, 6) is 0. The Balaban J connectivity index is 2.16. The van der Waals surface area contributed by atoms with Gasteiger partial charge in [0.15, 0.2) is 12.7 Å². The first-order chi connectivity index (χ1) is 6.45. The maximum absolute atomic E-state index is 3.13. The molecule has 0 aliphatic rings. The van der Waals surface area contributed by atoms with Crippen molar-refractivity contribution in [2.45, 2.75) is 6.54 Å². The Kier molecular flexibility index (Phi) is 2.37. The summed E-state index contributed by atoms with van der Waals surface area (Å²) < 4.78 is 2.04. The Bertz CT molecular complexity index is 316. The van der Waals surface area contributed by atoms with Crippen LogP contribution in [0.5, 0.6) is 0 Å². The first-order valence-corrected chi connectivity index (χ1v) is 4.35. The highest BCUT2D eigenvalue weighted by atomic mass is 14.9. The highest BCUT2D eigenvalue weighted by Crippen LogP contribution is 1.96. The minimum atomic E-state index is 0.891. The number of benzene rings is 1. The summed E-state index contributed by atoms with van der Waals surface area (Å²) in [6.07, 6.45) is 5.15. The third-order valence-electron chi connectivity index (χ3n) is 1.91. The second-order valence-corrected chi connectivity index (χ2v) is 2.94. The second-order valence-electron chi connectivity index (χ2n) is 2.94. The molecule has 0 aliphatic heterocycles. The van der Waals surface area contributed by atoms with Crippen LogP contribution in [0.1, 0.15) is 5.56 Å². The van der Waals surface area contributed by atoms with Crippen molar-refractivity contribution in [3.63, 3.8) is 0 Å². The highest BCUT2D eigenvalue weighted by Gasteiger charge is 1.99. The van der Waals surface area contributed by atoms with E-state index in [1.165, 1.54) is 5.56 Å². The number of aromatic nitrogens is 1. The van der Waals surface area contributed by atoms with Crippen molar-refractivity contribution in [2.24, 2.45) is 0 Å². The van der Waals surface area contributed by atoms with E-state index >= 15 is 0 Å². The summed E-state index contributed by atoms with van der Waals surface area (Å²) in [5.41, 5.74) is 1.30. The fourth-order valence-corrected chi connectivity index (χ4v) is 1.27. The standard InChI is InChI=1S/C12H11N/c1-3-7-12(8-4-1)11-13-9-5-2-6-10-13/h1-9H,11H2/q+1. The van der Waals surface area contributed by atoms with Crippen LogP contribution in [0.4, 0.5) is 0 Å². The molecule has 0 saturated carbocycles. The number of pyridine rings is 1. The van der Waals surface area contributed by atoms with Crippen LogP contribution in [0.3, 0.4) is 0 Å². The maximum atomic E-state index is 3.13. The van der Waals surface area contributed by atoms with Gasteiger partial charge in [0.2, 0.25) is 0 Å². The van der Waals surface area contributed by atoms with E-state index in [-0.39, 0.29) is 0 Å². The molecule has 0 bridgehead atoms. The summed E-state index contributed by atoms with van der Waals surface area (Å²) in [6, 6.07) is 16.3. The quantitative estimate of drug-likeness (QED) is 0.604. The van der Waals surface area contributed by atoms with E-state index in [9.17, 15) is 0 Å². The summed E-state index contributed by atoms with van der Waals surface area (Å²) in [7, 11) is 0. The van der Waals surface area contributed by atoms with Gasteiger partial charge in [0.05, 0.1) is 0 Å². The molecule has 0 spiro atoms. The van der Waals surface area contributed by atoms with Crippen LogP contribution in [0.25, 0.3) is 0 Å². The molecule has 0 aliphatic carbocycles. The lowest BCUT2D eigenvalue weighted by atomic mass is 10.2. The van der Waals surface area contributed by atoms with E-state index in [1.807, 2.05) is 35.0 Å². The van der Waals surface area contributed by atoms with E-state index in [2.05, 4.69) is 30.5 Å². The van der Waals surface area contributed by atoms with E-state index in [0.717, 1.165) is 6.54 Å². The van der Waals surface area contributed by atoms with Crippen LogP contribution in [-0.2, 0) is 6.54 Å². The van der Waals surface area contributed by atoms with E-state index < -0.39 is 0 Å². The lowest BCUT2D eigenvalue weighted by Gasteiger charge is -1.94. The summed E-state index contributed by atoms with van der Waals surface area (Å²) >= 11 is 0. The minimum absolute atomic E-state index is 0.891. The number of nitrogens with zero attached hydrogens (tertiary/aromatic N) is 1. The molecular weight excluding hydrogens is 158 g/mol. The molecule has 0 saturated heterocycles. The summed E-state index contributed by atoms with van der Waals surface area (Å²) in [4.78, 5) is 0. The predicted molar refractivity (Wildman–Crippen MR) is 51.0 cm³/mol. The summed E-state index contributed by atoms with van der Waals surface area (Å²) in [6.45, 7) is 0.891. The Labute approximate surface area is 78.3 Å². The van der Waals surface area contributed by atoms with E-state index in [1.54, 1.807) is 0 Å². The van der Waals surface area contributed by atoms with Crippen molar-refractivity contribution < 1.29 is 4.57 Å². The Hall–Kier alpha value is -1.63. The smallest absolute Gasteiger partial charge is 0.189 e. The Morgan fingerprint density at radius 3 is 2.54 bits per heavy atom. The van der Waals surface area contributed by atoms with Gasteiger partial charge in [-0.25, -0.2) is 0 Å². The molecular formula is C12H11N+. The van der Waals surface area contributed by atoms with Gasteiger partial charge in [-0.2, -0.15) is 4.57 Å². The predicted octanol–water partition coefficient (Wildman–Crippen LogP) is 1.82. The molecule has 0 unspecified atom stereocenters. The van der Waals surface area contributed by atoms with Gasteiger partial charge in [0, 0.05) is 17.7 Å². The molecule has 2 aromatic rings. The lowest BCUT2D eigenvalue weighted by molar-refractivity contribution is -0.692. The molecule has 1 heteroatoms. The second kappa shape index (κ2) is 3.85. The molecule has 0 N–H and O–H groups in total. The van der Waals surface area contributed by atoms with Crippen molar-refractivity contribution in [3.05, 3.63) is 66.5 Å². The van der Waals surface area contributed by atoms with Crippen LogP contribution in [-0.4, -0.2) is 0 Å². The molecule has 0 fully saturated rings. The molecule has 1 radical (unpaired) electrons. The zero-order chi connectivity index (χ0) is 8.93. The van der Waals surface area contributed by atoms with Crippen molar-refractivity contribution >= 4 is 0 Å². The van der Waals surface area contributed by atoms with Gasteiger partial charge in [0.25, 0.3) is 6.20 Å². The first-order valence-electron chi connectivity index (χ1n) is 4.35. The fraction of sp³-hybridized carbons (Fsp3) is 0.0833. The molecule has 63 valence electrons. The molecule has 0 atom stereocenters. The first kappa shape index (κ1) is 7.99. The van der Waals surface area contributed by atoms with Crippen LogP contribution in [0.2, 0.25) is 0 Å². The minimum Gasteiger partial charge on any atom is -0.189 e. The highest BCUT2D eigenvalue weighted by molar-refractivity contribution is 5.13. The molecule has 1 aromatic carbocycles. The SMILES string of the molecule is [c]1cccc[n+]1Cc1ccccc1. The van der Waals surface area contributed by atoms with Crippen molar-refractivity contribution in [1.82, 2.24) is 0 Å². The number of hydrogen-bond acceptors (Lipinski definition) is 0. The van der Waals surface area contributed by atoms with Crippen molar-refractivity contribution in [2.75, 3.05) is 0 Å². The number of hydrogen-bond donors (Lipinski definition) is 0. The van der Waals surface area contributed by atoms with Crippen LogP contribution in [0.15, 0.2) is 54.7 Å². The van der Waals surface area contributed by atoms with Crippen molar-refractivity contribution in [3.8, 4) is 0 Å². The maximum Gasteiger partial charge on any atom is 0.277 e. The van der Waals surface area contributed by atoms with Gasteiger partial charge >= 0.3 is 0 Å². The molecule has 1 nitrogen and oxygen atoms in total. The molecule has 13 heavy (non-hydrogen) atoms. The normalized spacial score (nSPS) is 9.85. The summed E-state index contributed by atoms with van der Waals surface area (Å²) in [5, 5.41) is 0. The fourth-order valence-electron chi connectivity index (χ4n) is 1.27. The topological polar surface area (TPSA) is 3.88 Å². The van der Waals surface area contributed by atoms with Crippen LogP contribution >= 0.6 is 0 Å². The monoisotopic (exact) mass is 169 g/mol. The van der Waals surface area contributed by atoms with Gasteiger partial charge in [-0.05, 0) is 6.07 Å². The Morgan fingerprint density at radius 1 is 1.00 bits per heavy atom. The van der Waals surface area contributed by atoms with Crippen LogP contribution in [0, 0.1) is 6.20 Å². The lowest BCUT2D eigenvalue weighted by Crippen LogP contribution is -2.33. The third-order valence-corrected chi connectivity index (χ3v) is 1.91. The van der Waals surface area contributed by atoms with Gasteiger partial charge < -0.3 is 0 Å². The van der Waals surface area contributed by atoms with Crippen LogP contribution < -0.4 is 4.57 Å². The van der Waals surface area contributed by atoms with Gasteiger partial charge in [-0.1, -0.05) is 30.3 Å². The van der Waals surface area contributed by atoms with Crippen molar-refractivity contribution in [1.29, 1.82) is 0 Å². The number of rotatable bonds is 2. The molecule has 1 heterocycles. The largest absolute Gasteiger partial charge is 0.277 e.